The molecule has 0 atom stereocenters. The molecule has 4 saturated carbocycles. The molecule has 0 heterocycles. The molecule has 4 aliphatic carbocycles. The Morgan fingerprint density at radius 1 is 1.07 bits per heavy atom. The van der Waals surface area contributed by atoms with Crippen LogP contribution in [0.15, 0.2) is 0 Å². The largest absolute Gasteiger partial charge is 0.370 e. The van der Waals surface area contributed by atoms with Crippen molar-refractivity contribution in [3.05, 3.63) is 0 Å². The molecule has 0 aromatic heterocycles. The molecular weight excluding hydrogens is 186 g/mol. The zero-order chi connectivity index (χ0) is 10.6. The van der Waals surface area contributed by atoms with Crippen LogP contribution < -0.4 is 5.73 Å². The standard InChI is InChI=1S/C12H21N3/c1-15(12(13)14)11-9-3-7-2-8(5-9)6-10(11)4-7/h7-11H,2-6H2,1H3,(H3,13,14). The molecule has 15 heavy (non-hydrogen) atoms. The summed E-state index contributed by atoms with van der Waals surface area (Å²) >= 11 is 0. The highest BCUT2D eigenvalue weighted by molar-refractivity contribution is 5.74. The quantitative estimate of drug-likeness (QED) is 0.507. The van der Waals surface area contributed by atoms with Gasteiger partial charge < -0.3 is 10.6 Å². The molecule has 0 aromatic rings. The molecule has 0 aromatic carbocycles. The van der Waals surface area contributed by atoms with Crippen LogP contribution in [-0.2, 0) is 0 Å². The topological polar surface area (TPSA) is 53.1 Å². The third-order valence-corrected chi connectivity index (χ3v) is 5.00. The highest BCUT2D eigenvalue weighted by Crippen LogP contribution is 2.54. The summed E-state index contributed by atoms with van der Waals surface area (Å²) in [5.74, 6) is 3.92. The molecule has 3 N–H and O–H groups in total. The summed E-state index contributed by atoms with van der Waals surface area (Å²) in [6.45, 7) is 0. The Hall–Kier alpha value is -0.730. The van der Waals surface area contributed by atoms with Crippen LogP contribution in [0.3, 0.4) is 0 Å². The van der Waals surface area contributed by atoms with Gasteiger partial charge in [-0.3, -0.25) is 5.41 Å². The van der Waals surface area contributed by atoms with Crippen molar-refractivity contribution < 1.29 is 0 Å². The molecule has 0 unspecified atom stereocenters. The molecule has 4 bridgehead atoms. The predicted molar refractivity (Wildman–Crippen MR) is 60.5 cm³/mol. The average molecular weight is 207 g/mol. The molecule has 3 heteroatoms. The minimum Gasteiger partial charge on any atom is -0.370 e. The van der Waals surface area contributed by atoms with Crippen molar-refractivity contribution in [2.75, 3.05) is 7.05 Å². The van der Waals surface area contributed by atoms with Gasteiger partial charge in [0, 0.05) is 13.1 Å². The second kappa shape index (κ2) is 3.13. The lowest BCUT2D eigenvalue weighted by Crippen LogP contribution is -2.57. The highest BCUT2D eigenvalue weighted by atomic mass is 15.2. The number of nitrogens with one attached hydrogen (secondary N) is 1. The van der Waals surface area contributed by atoms with Crippen LogP contribution >= 0.6 is 0 Å². The van der Waals surface area contributed by atoms with Crippen LogP contribution in [0.25, 0.3) is 0 Å². The van der Waals surface area contributed by atoms with Gasteiger partial charge in [0.05, 0.1) is 0 Å². The van der Waals surface area contributed by atoms with E-state index in [1.807, 2.05) is 11.9 Å². The van der Waals surface area contributed by atoms with Crippen LogP contribution in [0.1, 0.15) is 32.1 Å². The number of hydrogen-bond acceptors (Lipinski definition) is 1. The van der Waals surface area contributed by atoms with Crippen molar-refractivity contribution in [2.45, 2.75) is 38.1 Å². The summed E-state index contributed by atoms with van der Waals surface area (Å²) in [6.07, 6.45) is 7.08. The van der Waals surface area contributed by atoms with Gasteiger partial charge in [-0.1, -0.05) is 0 Å². The van der Waals surface area contributed by atoms with E-state index in [2.05, 4.69) is 0 Å². The Labute approximate surface area is 91.5 Å². The Kier molecular flexibility index (Phi) is 1.98. The van der Waals surface area contributed by atoms with Crippen LogP contribution in [0, 0.1) is 29.1 Å². The summed E-state index contributed by atoms with van der Waals surface area (Å²) in [6, 6.07) is 0.579. The second-order valence-electron chi connectivity index (χ2n) is 5.92. The van der Waals surface area contributed by atoms with Crippen molar-refractivity contribution in [1.29, 1.82) is 5.41 Å². The van der Waals surface area contributed by atoms with E-state index < -0.39 is 0 Å². The fraction of sp³-hybridized carbons (Fsp3) is 0.917. The number of hydrogen-bond donors (Lipinski definition) is 2. The van der Waals surface area contributed by atoms with Crippen LogP contribution in [0.4, 0.5) is 0 Å². The number of guanidine groups is 1. The van der Waals surface area contributed by atoms with E-state index in [0.717, 1.165) is 23.7 Å². The van der Waals surface area contributed by atoms with Gasteiger partial charge in [0.25, 0.3) is 0 Å². The van der Waals surface area contributed by atoms with Gasteiger partial charge in [-0.15, -0.1) is 0 Å². The number of nitrogens with two attached hydrogens (primary N) is 1. The van der Waals surface area contributed by atoms with Crippen molar-refractivity contribution in [3.63, 3.8) is 0 Å². The number of nitrogens with zero attached hydrogens (tertiary/aromatic N) is 1. The Morgan fingerprint density at radius 2 is 1.53 bits per heavy atom. The first-order valence-electron chi connectivity index (χ1n) is 6.22. The Morgan fingerprint density at radius 3 is 1.93 bits per heavy atom. The smallest absolute Gasteiger partial charge is 0.188 e. The third kappa shape index (κ3) is 1.35. The van der Waals surface area contributed by atoms with Gasteiger partial charge in [-0.25, -0.2) is 0 Å². The maximum atomic E-state index is 7.58. The average Bonchev–Trinajstić information content (AvgIpc) is 2.15. The summed E-state index contributed by atoms with van der Waals surface area (Å²) in [4.78, 5) is 2.03. The SMILES string of the molecule is CN(C(=N)N)C1C2CC3CC(C2)CC1C3. The lowest BCUT2D eigenvalue weighted by molar-refractivity contribution is -0.0392. The molecule has 0 spiro atoms. The maximum absolute atomic E-state index is 7.58. The van der Waals surface area contributed by atoms with E-state index in [-0.39, 0.29) is 5.96 Å². The minimum absolute atomic E-state index is 0.257. The molecular formula is C12H21N3. The summed E-state index contributed by atoms with van der Waals surface area (Å²) in [7, 11) is 2.01. The fourth-order valence-electron chi connectivity index (χ4n) is 4.69. The molecule has 84 valence electrons. The van der Waals surface area contributed by atoms with E-state index >= 15 is 0 Å². The molecule has 0 aliphatic heterocycles. The highest BCUT2D eigenvalue weighted by Gasteiger charge is 2.49. The lowest BCUT2D eigenvalue weighted by Gasteiger charge is -2.56. The van der Waals surface area contributed by atoms with Crippen LogP contribution in [0.5, 0.6) is 0 Å². The minimum atomic E-state index is 0.257. The van der Waals surface area contributed by atoms with Crippen molar-refractivity contribution >= 4 is 5.96 Å². The Balaban J connectivity index is 1.83. The molecule has 0 amide bonds. The molecule has 0 saturated heterocycles. The van der Waals surface area contributed by atoms with Crippen molar-refractivity contribution in [2.24, 2.45) is 29.4 Å². The lowest BCUT2D eigenvalue weighted by atomic mass is 9.54. The fourth-order valence-corrected chi connectivity index (χ4v) is 4.69. The molecule has 4 aliphatic rings. The van der Waals surface area contributed by atoms with Gasteiger partial charge >= 0.3 is 0 Å². The van der Waals surface area contributed by atoms with Gasteiger partial charge in [-0.2, -0.15) is 0 Å². The Bertz CT molecular complexity index is 259. The van der Waals surface area contributed by atoms with E-state index in [4.69, 9.17) is 11.1 Å². The van der Waals surface area contributed by atoms with E-state index in [0.29, 0.717) is 6.04 Å². The van der Waals surface area contributed by atoms with Crippen molar-refractivity contribution in [1.82, 2.24) is 4.90 Å². The maximum Gasteiger partial charge on any atom is 0.188 e. The van der Waals surface area contributed by atoms with Crippen LogP contribution in [-0.4, -0.2) is 23.9 Å². The first kappa shape index (κ1) is 9.49. The number of rotatable bonds is 1. The molecule has 3 nitrogen and oxygen atoms in total. The predicted octanol–water partition coefficient (Wildman–Crippen LogP) is 1.64. The first-order valence-corrected chi connectivity index (χ1v) is 6.22. The second-order valence-corrected chi connectivity index (χ2v) is 5.92. The van der Waals surface area contributed by atoms with Gasteiger partial charge in [0.1, 0.15) is 0 Å². The van der Waals surface area contributed by atoms with E-state index in [1.54, 1.807) is 0 Å². The normalized spacial score (nSPS) is 46.9. The van der Waals surface area contributed by atoms with Crippen molar-refractivity contribution in [3.8, 4) is 0 Å². The summed E-state index contributed by atoms with van der Waals surface area (Å²) in [5, 5.41) is 7.58. The van der Waals surface area contributed by atoms with E-state index in [9.17, 15) is 0 Å². The van der Waals surface area contributed by atoms with Gasteiger partial charge in [0.2, 0.25) is 0 Å². The zero-order valence-electron chi connectivity index (χ0n) is 9.45. The molecule has 0 radical (unpaired) electrons. The molecule has 4 fully saturated rings. The van der Waals surface area contributed by atoms with Gasteiger partial charge in [-0.05, 0) is 55.8 Å². The van der Waals surface area contributed by atoms with E-state index in [1.165, 1.54) is 32.1 Å². The molecule has 4 rings (SSSR count). The monoisotopic (exact) mass is 207 g/mol. The summed E-state index contributed by atoms with van der Waals surface area (Å²) in [5.41, 5.74) is 5.63. The zero-order valence-corrected chi connectivity index (χ0v) is 9.45. The van der Waals surface area contributed by atoms with Gasteiger partial charge in [0.15, 0.2) is 5.96 Å². The van der Waals surface area contributed by atoms with Crippen LogP contribution in [0.2, 0.25) is 0 Å². The summed E-state index contributed by atoms with van der Waals surface area (Å²) < 4.78 is 0. The first-order chi connectivity index (χ1) is 7.15. The third-order valence-electron chi connectivity index (χ3n) is 5.00.